The summed E-state index contributed by atoms with van der Waals surface area (Å²) in [5.74, 6) is 0.602. The molecule has 0 saturated carbocycles. The summed E-state index contributed by atoms with van der Waals surface area (Å²) >= 11 is 0. The molecule has 11 heteroatoms. The number of ether oxygens (including phenoxy) is 1. The highest BCUT2D eigenvalue weighted by atomic mass is 19.1. The normalized spacial score (nSPS) is 21.5. The monoisotopic (exact) mass is 465 g/mol. The van der Waals surface area contributed by atoms with Gasteiger partial charge in [-0.3, -0.25) is 9.59 Å². The Morgan fingerprint density at radius 1 is 1.21 bits per heavy atom. The molecule has 6 rings (SSSR count). The predicted octanol–water partition coefficient (Wildman–Crippen LogP) is 0.865. The first-order valence-electron chi connectivity index (χ1n) is 11.4. The molecule has 1 fully saturated rings. The molecule has 1 amide bonds. The van der Waals surface area contributed by atoms with Gasteiger partial charge in [-0.1, -0.05) is 0 Å². The second kappa shape index (κ2) is 8.41. The summed E-state index contributed by atoms with van der Waals surface area (Å²) in [4.78, 5) is 38.9. The lowest BCUT2D eigenvalue weighted by Crippen LogP contribution is -2.30. The van der Waals surface area contributed by atoms with Gasteiger partial charge in [0.05, 0.1) is 29.1 Å². The highest BCUT2D eigenvalue weighted by Crippen LogP contribution is 2.35. The Bertz CT molecular complexity index is 1340. The minimum Gasteiger partial charge on any atom is -0.465 e. The number of nitrogens with one attached hydrogen (secondary N) is 2. The number of amides is 1. The number of carbonyl (C=O) groups is 1. The quantitative estimate of drug-likeness (QED) is 0.551. The maximum Gasteiger partial charge on any atom is 0.269 e. The Kier molecular flexibility index (Phi) is 5.22. The lowest BCUT2D eigenvalue weighted by atomic mass is 9.99. The van der Waals surface area contributed by atoms with Gasteiger partial charge in [-0.2, -0.15) is 0 Å². The largest absolute Gasteiger partial charge is 0.465 e. The van der Waals surface area contributed by atoms with Crippen molar-refractivity contribution in [1.82, 2.24) is 29.7 Å². The fourth-order valence-corrected chi connectivity index (χ4v) is 5.24. The topological polar surface area (TPSA) is 114 Å². The van der Waals surface area contributed by atoms with Crippen LogP contribution in [0.25, 0.3) is 11.0 Å². The SMILES string of the molecule is O=C1COc2ncc(CNC[C@@H]3CCN(C[C@@H]4Cn5c(=O)cnc6ccc(F)c4c65)C3)nc2N1. The second-order valence-corrected chi connectivity index (χ2v) is 9.13. The Hall–Kier alpha value is -3.44. The maximum absolute atomic E-state index is 14.7. The Morgan fingerprint density at radius 3 is 3.03 bits per heavy atom. The molecular weight excluding hydrogens is 441 g/mol. The third kappa shape index (κ3) is 3.80. The first-order valence-corrected chi connectivity index (χ1v) is 11.4. The molecule has 0 spiro atoms. The number of anilines is 1. The van der Waals surface area contributed by atoms with E-state index in [-0.39, 0.29) is 29.8 Å². The Morgan fingerprint density at radius 2 is 2.12 bits per heavy atom. The van der Waals surface area contributed by atoms with Crippen LogP contribution in [0.4, 0.5) is 10.2 Å². The maximum atomic E-state index is 14.7. The Balaban J connectivity index is 1.05. The van der Waals surface area contributed by atoms with Gasteiger partial charge < -0.3 is 24.8 Å². The van der Waals surface area contributed by atoms with E-state index in [1.807, 2.05) is 0 Å². The molecule has 2 N–H and O–H groups in total. The van der Waals surface area contributed by atoms with Gasteiger partial charge in [0.15, 0.2) is 12.4 Å². The number of likely N-dealkylation sites (tertiary alicyclic amines) is 1. The zero-order valence-electron chi connectivity index (χ0n) is 18.5. The third-order valence-corrected chi connectivity index (χ3v) is 6.78. The fourth-order valence-electron chi connectivity index (χ4n) is 5.24. The smallest absolute Gasteiger partial charge is 0.269 e. The average molecular weight is 465 g/mol. The number of fused-ring (bicyclic) bond motifs is 1. The zero-order valence-corrected chi connectivity index (χ0v) is 18.5. The summed E-state index contributed by atoms with van der Waals surface area (Å²) in [5, 5.41) is 6.10. The van der Waals surface area contributed by atoms with Crippen molar-refractivity contribution < 1.29 is 13.9 Å². The van der Waals surface area contributed by atoms with Crippen molar-refractivity contribution >= 4 is 22.8 Å². The molecule has 3 aromatic rings. The molecule has 5 heterocycles. The second-order valence-electron chi connectivity index (χ2n) is 9.13. The van der Waals surface area contributed by atoms with E-state index in [0.717, 1.165) is 31.7 Å². The number of benzene rings is 1. The molecule has 0 unspecified atom stereocenters. The van der Waals surface area contributed by atoms with E-state index in [9.17, 15) is 14.0 Å². The van der Waals surface area contributed by atoms with E-state index >= 15 is 0 Å². The Labute approximate surface area is 194 Å². The standard InChI is InChI=1S/C23H24FN7O3/c24-16-1-2-17-21-20(16)14(11-31(21)19(33)8-26-17)10-30-4-3-13(9-30)5-25-6-15-7-27-23-22(28-15)29-18(32)12-34-23/h1-2,7-8,13-14,25H,3-6,9-12H2,(H,28,29,32)/t13-,14+/m0/s1. The van der Waals surface area contributed by atoms with Crippen LogP contribution in [0.15, 0.2) is 29.3 Å². The molecule has 2 aromatic heterocycles. The molecular formula is C23H24FN7O3. The van der Waals surface area contributed by atoms with Gasteiger partial charge in [0.2, 0.25) is 0 Å². The molecule has 0 radical (unpaired) electrons. The van der Waals surface area contributed by atoms with Crippen molar-refractivity contribution in [3.63, 3.8) is 0 Å². The molecule has 3 aliphatic heterocycles. The van der Waals surface area contributed by atoms with Crippen LogP contribution < -0.4 is 20.9 Å². The van der Waals surface area contributed by atoms with Crippen molar-refractivity contribution in [2.45, 2.75) is 25.4 Å². The molecule has 176 valence electrons. The molecule has 34 heavy (non-hydrogen) atoms. The van der Waals surface area contributed by atoms with Crippen molar-refractivity contribution in [2.75, 3.05) is 38.1 Å². The number of hydrogen-bond acceptors (Lipinski definition) is 8. The summed E-state index contributed by atoms with van der Waals surface area (Å²) in [5.41, 5.74) is 2.47. The molecule has 3 aliphatic rings. The van der Waals surface area contributed by atoms with Gasteiger partial charge in [0, 0.05) is 37.7 Å². The van der Waals surface area contributed by atoms with E-state index in [0.29, 0.717) is 53.8 Å². The molecule has 1 saturated heterocycles. The van der Waals surface area contributed by atoms with Crippen LogP contribution >= 0.6 is 0 Å². The van der Waals surface area contributed by atoms with Crippen LogP contribution in [0.5, 0.6) is 5.88 Å². The molecule has 2 atom stereocenters. The van der Waals surface area contributed by atoms with Crippen molar-refractivity contribution in [3.8, 4) is 5.88 Å². The number of rotatable bonds is 6. The number of halogens is 1. The molecule has 10 nitrogen and oxygen atoms in total. The van der Waals surface area contributed by atoms with Crippen LogP contribution in [-0.4, -0.2) is 63.1 Å². The number of hydrogen-bond donors (Lipinski definition) is 2. The van der Waals surface area contributed by atoms with Gasteiger partial charge >= 0.3 is 0 Å². The minimum absolute atomic E-state index is 0.0418. The summed E-state index contributed by atoms with van der Waals surface area (Å²) in [7, 11) is 0. The van der Waals surface area contributed by atoms with Gasteiger partial charge in [-0.25, -0.2) is 19.3 Å². The minimum atomic E-state index is -0.263. The highest BCUT2D eigenvalue weighted by molar-refractivity contribution is 5.93. The van der Waals surface area contributed by atoms with Crippen LogP contribution in [0, 0.1) is 11.7 Å². The molecule has 1 aromatic carbocycles. The first kappa shape index (κ1) is 21.1. The van der Waals surface area contributed by atoms with E-state index < -0.39 is 0 Å². The molecule has 0 aliphatic carbocycles. The number of aromatic nitrogens is 4. The van der Waals surface area contributed by atoms with Crippen LogP contribution in [-0.2, 0) is 17.9 Å². The average Bonchev–Trinajstić information content (AvgIpc) is 3.44. The summed E-state index contributed by atoms with van der Waals surface area (Å²) < 4.78 is 21.6. The van der Waals surface area contributed by atoms with Crippen LogP contribution in [0.1, 0.15) is 23.6 Å². The predicted molar refractivity (Wildman–Crippen MR) is 121 cm³/mol. The van der Waals surface area contributed by atoms with Crippen LogP contribution in [0.2, 0.25) is 0 Å². The lowest BCUT2D eigenvalue weighted by molar-refractivity contribution is -0.118. The zero-order chi connectivity index (χ0) is 23.2. The van der Waals surface area contributed by atoms with E-state index in [4.69, 9.17) is 4.74 Å². The first-order chi connectivity index (χ1) is 16.5. The van der Waals surface area contributed by atoms with Gasteiger partial charge in [-0.15, -0.1) is 0 Å². The number of carbonyl (C=O) groups excluding carboxylic acids is 1. The summed E-state index contributed by atoms with van der Waals surface area (Å²) in [6.07, 6.45) is 4.01. The summed E-state index contributed by atoms with van der Waals surface area (Å²) in [6, 6.07) is 3.09. The van der Waals surface area contributed by atoms with Gasteiger partial charge in [0.25, 0.3) is 17.3 Å². The van der Waals surface area contributed by atoms with Crippen LogP contribution in [0.3, 0.4) is 0 Å². The highest BCUT2D eigenvalue weighted by Gasteiger charge is 2.32. The molecule has 0 bridgehead atoms. The fraction of sp³-hybridized carbons (Fsp3) is 0.435. The van der Waals surface area contributed by atoms with E-state index in [2.05, 4.69) is 30.5 Å². The lowest BCUT2D eigenvalue weighted by Gasteiger charge is -2.21. The van der Waals surface area contributed by atoms with Gasteiger partial charge in [0.1, 0.15) is 5.82 Å². The third-order valence-electron chi connectivity index (χ3n) is 6.78. The summed E-state index contributed by atoms with van der Waals surface area (Å²) in [6.45, 7) is 4.36. The van der Waals surface area contributed by atoms with E-state index in [1.54, 1.807) is 16.8 Å². The van der Waals surface area contributed by atoms with Gasteiger partial charge in [-0.05, 0) is 37.6 Å². The van der Waals surface area contributed by atoms with Crippen molar-refractivity contribution in [3.05, 3.63) is 52.0 Å². The van der Waals surface area contributed by atoms with E-state index in [1.165, 1.54) is 12.3 Å². The number of nitrogens with zero attached hydrogens (tertiary/aromatic N) is 5. The van der Waals surface area contributed by atoms with Crippen molar-refractivity contribution in [1.29, 1.82) is 0 Å². The van der Waals surface area contributed by atoms with Crippen molar-refractivity contribution in [2.24, 2.45) is 5.92 Å².